The van der Waals surface area contributed by atoms with Gasteiger partial charge in [-0.1, -0.05) is 32.0 Å². The van der Waals surface area contributed by atoms with Crippen LogP contribution in [0.4, 0.5) is 0 Å². The molecule has 0 aliphatic heterocycles. The topological polar surface area (TPSA) is 78.0 Å². The van der Waals surface area contributed by atoms with E-state index in [0.29, 0.717) is 6.04 Å². The quantitative estimate of drug-likeness (QED) is 0.568. The summed E-state index contributed by atoms with van der Waals surface area (Å²) in [5.41, 5.74) is 2.22. The van der Waals surface area contributed by atoms with Crippen LogP contribution >= 0.6 is 0 Å². The minimum atomic E-state index is 0.525. The summed E-state index contributed by atoms with van der Waals surface area (Å²) in [4.78, 5) is 8.60. The number of aromatic amines is 1. The van der Waals surface area contributed by atoms with Crippen molar-refractivity contribution in [3.8, 4) is 11.4 Å². The Balaban J connectivity index is 1.51. The molecule has 1 fully saturated rings. The Labute approximate surface area is 155 Å². The van der Waals surface area contributed by atoms with Crippen LogP contribution in [0.15, 0.2) is 35.6 Å². The Morgan fingerprint density at radius 2 is 2.08 bits per heavy atom. The fourth-order valence-electron chi connectivity index (χ4n) is 3.68. The van der Waals surface area contributed by atoms with E-state index in [1.807, 2.05) is 19.2 Å². The monoisotopic (exact) mass is 354 g/mol. The number of aromatic nitrogens is 3. The van der Waals surface area contributed by atoms with Crippen molar-refractivity contribution in [2.45, 2.75) is 52.1 Å². The zero-order chi connectivity index (χ0) is 18.4. The summed E-state index contributed by atoms with van der Waals surface area (Å²) in [5.74, 6) is 3.34. The van der Waals surface area contributed by atoms with E-state index in [4.69, 9.17) is 0 Å². The van der Waals surface area contributed by atoms with Gasteiger partial charge in [0.05, 0.1) is 0 Å². The molecule has 3 rings (SSSR count). The van der Waals surface area contributed by atoms with Crippen molar-refractivity contribution in [1.82, 2.24) is 25.8 Å². The maximum Gasteiger partial charge on any atom is 0.191 e. The minimum absolute atomic E-state index is 0.525. The van der Waals surface area contributed by atoms with Crippen LogP contribution in [0.2, 0.25) is 0 Å². The number of guanidine groups is 1. The molecule has 1 aliphatic rings. The van der Waals surface area contributed by atoms with Gasteiger partial charge in [-0.15, -0.1) is 0 Å². The molecule has 6 heteroatoms. The summed E-state index contributed by atoms with van der Waals surface area (Å²) < 4.78 is 0. The van der Waals surface area contributed by atoms with E-state index in [9.17, 15) is 0 Å². The van der Waals surface area contributed by atoms with Crippen LogP contribution in [0, 0.1) is 11.8 Å². The number of hydrogen-bond acceptors (Lipinski definition) is 3. The Bertz CT molecular complexity index is 699. The second-order valence-corrected chi connectivity index (χ2v) is 7.46. The highest BCUT2D eigenvalue weighted by atomic mass is 15.2. The van der Waals surface area contributed by atoms with Gasteiger partial charge in [0.2, 0.25) is 0 Å². The van der Waals surface area contributed by atoms with Gasteiger partial charge in [0.15, 0.2) is 11.8 Å². The fourth-order valence-corrected chi connectivity index (χ4v) is 3.68. The van der Waals surface area contributed by atoms with Crippen LogP contribution in [0.25, 0.3) is 11.4 Å². The lowest BCUT2D eigenvalue weighted by atomic mass is 9.80. The van der Waals surface area contributed by atoms with Crippen LogP contribution in [-0.2, 0) is 6.54 Å². The van der Waals surface area contributed by atoms with Crippen LogP contribution in [0.5, 0.6) is 0 Å². The number of aliphatic imine (C=N–C) groups is 1. The van der Waals surface area contributed by atoms with Gasteiger partial charge in [0.1, 0.15) is 6.33 Å². The molecule has 26 heavy (non-hydrogen) atoms. The first-order valence-corrected chi connectivity index (χ1v) is 9.57. The van der Waals surface area contributed by atoms with Crippen LogP contribution in [0.3, 0.4) is 0 Å². The highest BCUT2D eigenvalue weighted by molar-refractivity contribution is 5.80. The zero-order valence-corrected chi connectivity index (χ0v) is 16.0. The van der Waals surface area contributed by atoms with Crippen molar-refractivity contribution in [2.24, 2.45) is 16.8 Å². The van der Waals surface area contributed by atoms with Gasteiger partial charge in [-0.05, 0) is 49.1 Å². The van der Waals surface area contributed by atoms with Crippen molar-refractivity contribution in [1.29, 1.82) is 0 Å². The van der Waals surface area contributed by atoms with Gasteiger partial charge in [-0.25, -0.2) is 4.98 Å². The maximum atomic E-state index is 4.39. The largest absolute Gasteiger partial charge is 0.354 e. The Morgan fingerprint density at radius 3 is 2.73 bits per heavy atom. The lowest BCUT2D eigenvalue weighted by molar-refractivity contribution is 0.250. The molecule has 1 aromatic heterocycles. The number of hydrogen-bond donors (Lipinski definition) is 3. The predicted octanol–water partition coefficient (Wildman–Crippen LogP) is 3.35. The first kappa shape index (κ1) is 18.4. The molecule has 1 aliphatic carbocycles. The predicted molar refractivity (Wildman–Crippen MR) is 106 cm³/mol. The molecular weight excluding hydrogens is 324 g/mol. The molecule has 140 valence electrons. The number of nitrogens with one attached hydrogen (secondary N) is 3. The molecular formula is C20H30N6. The molecule has 0 bridgehead atoms. The van der Waals surface area contributed by atoms with E-state index in [2.05, 4.69) is 56.8 Å². The summed E-state index contributed by atoms with van der Waals surface area (Å²) in [6, 6.07) is 8.82. The van der Waals surface area contributed by atoms with E-state index in [0.717, 1.165) is 35.7 Å². The molecule has 0 saturated heterocycles. The highest BCUT2D eigenvalue weighted by Gasteiger charge is 2.23. The molecule has 0 amide bonds. The van der Waals surface area contributed by atoms with Gasteiger partial charge in [0.25, 0.3) is 0 Å². The molecule has 2 aromatic rings. The molecule has 0 unspecified atom stereocenters. The zero-order valence-electron chi connectivity index (χ0n) is 16.0. The third kappa shape index (κ3) is 4.84. The summed E-state index contributed by atoms with van der Waals surface area (Å²) in [6.45, 7) is 5.40. The van der Waals surface area contributed by atoms with Crippen molar-refractivity contribution >= 4 is 5.96 Å². The van der Waals surface area contributed by atoms with Crippen molar-refractivity contribution in [2.75, 3.05) is 7.05 Å². The Kier molecular flexibility index (Phi) is 6.26. The summed E-state index contributed by atoms with van der Waals surface area (Å²) in [7, 11) is 1.83. The standard InChI is InChI=1S/C20H30N6/c1-14(2)16-7-9-18(10-8-16)25-20(21-3)22-12-15-5-4-6-17(11-15)19-23-13-24-26-19/h4-6,11,13-14,16,18H,7-10,12H2,1-3H3,(H2,21,22,25)(H,23,24,26). The molecule has 0 atom stereocenters. The van der Waals surface area contributed by atoms with E-state index in [1.54, 1.807) is 0 Å². The van der Waals surface area contributed by atoms with Crippen molar-refractivity contribution in [3.63, 3.8) is 0 Å². The normalized spacial score (nSPS) is 21.0. The van der Waals surface area contributed by atoms with E-state index in [1.165, 1.54) is 37.6 Å². The van der Waals surface area contributed by atoms with Crippen LogP contribution in [0.1, 0.15) is 45.1 Å². The number of H-pyrrole nitrogens is 1. The van der Waals surface area contributed by atoms with E-state index in [-0.39, 0.29) is 0 Å². The smallest absolute Gasteiger partial charge is 0.191 e. The third-order valence-electron chi connectivity index (χ3n) is 5.35. The molecule has 1 heterocycles. The van der Waals surface area contributed by atoms with Gasteiger partial charge in [-0.3, -0.25) is 10.1 Å². The first-order valence-electron chi connectivity index (χ1n) is 9.57. The molecule has 1 saturated carbocycles. The Morgan fingerprint density at radius 1 is 1.27 bits per heavy atom. The summed E-state index contributed by atoms with van der Waals surface area (Å²) in [6.07, 6.45) is 6.60. The molecule has 0 radical (unpaired) electrons. The van der Waals surface area contributed by atoms with Crippen molar-refractivity contribution < 1.29 is 0 Å². The minimum Gasteiger partial charge on any atom is -0.354 e. The SMILES string of the molecule is CN=C(NCc1cccc(-c2ncn[nH]2)c1)NC1CCC(C(C)C)CC1. The average Bonchev–Trinajstić information content (AvgIpc) is 3.20. The lowest BCUT2D eigenvalue weighted by Gasteiger charge is -2.32. The molecule has 0 spiro atoms. The van der Waals surface area contributed by atoms with E-state index < -0.39 is 0 Å². The van der Waals surface area contributed by atoms with Crippen LogP contribution in [-0.4, -0.2) is 34.2 Å². The fraction of sp³-hybridized carbons (Fsp3) is 0.550. The number of benzene rings is 1. The average molecular weight is 355 g/mol. The van der Waals surface area contributed by atoms with Crippen LogP contribution < -0.4 is 10.6 Å². The maximum absolute atomic E-state index is 4.39. The van der Waals surface area contributed by atoms with Gasteiger partial charge in [-0.2, -0.15) is 5.10 Å². The Hall–Kier alpha value is -2.37. The van der Waals surface area contributed by atoms with Gasteiger partial charge < -0.3 is 10.6 Å². The number of nitrogens with zero attached hydrogens (tertiary/aromatic N) is 3. The summed E-state index contributed by atoms with van der Waals surface area (Å²) >= 11 is 0. The molecule has 3 N–H and O–H groups in total. The van der Waals surface area contributed by atoms with Gasteiger partial charge in [0, 0.05) is 25.2 Å². The van der Waals surface area contributed by atoms with Crippen molar-refractivity contribution in [3.05, 3.63) is 36.2 Å². The second-order valence-electron chi connectivity index (χ2n) is 7.46. The first-order chi connectivity index (χ1) is 12.7. The number of rotatable bonds is 5. The molecule has 6 nitrogen and oxygen atoms in total. The van der Waals surface area contributed by atoms with Gasteiger partial charge >= 0.3 is 0 Å². The molecule has 1 aromatic carbocycles. The highest BCUT2D eigenvalue weighted by Crippen LogP contribution is 2.29. The second kappa shape index (κ2) is 8.83. The summed E-state index contributed by atoms with van der Waals surface area (Å²) in [5, 5.41) is 13.8. The van der Waals surface area contributed by atoms with E-state index >= 15 is 0 Å². The third-order valence-corrected chi connectivity index (χ3v) is 5.35. The lowest BCUT2D eigenvalue weighted by Crippen LogP contribution is -2.44.